The molecule has 0 radical (unpaired) electrons. The Kier molecular flexibility index (Phi) is 5.97. The summed E-state index contributed by atoms with van der Waals surface area (Å²) < 4.78 is 19.8. The number of cyclic esters (lactones) is 1. The van der Waals surface area contributed by atoms with Crippen molar-refractivity contribution in [1.29, 1.82) is 0 Å². The van der Waals surface area contributed by atoms with Crippen LogP contribution in [0.1, 0.15) is 18.4 Å². The molecule has 1 atom stereocenters. The van der Waals surface area contributed by atoms with Crippen molar-refractivity contribution in [2.45, 2.75) is 25.9 Å². The Morgan fingerprint density at radius 1 is 1.48 bits per heavy atom. The fourth-order valence-electron chi connectivity index (χ4n) is 2.66. The normalized spacial score (nSPS) is 16.5. The lowest BCUT2D eigenvalue weighted by molar-refractivity contribution is -0.119. The van der Waals surface area contributed by atoms with E-state index in [4.69, 9.17) is 10.5 Å². The summed E-state index contributed by atoms with van der Waals surface area (Å²) in [4.78, 5) is 24.4. The van der Waals surface area contributed by atoms with Crippen molar-refractivity contribution in [3.05, 3.63) is 29.0 Å². The molecule has 8 nitrogen and oxygen atoms in total. The molecule has 3 N–H and O–H groups in total. The summed E-state index contributed by atoms with van der Waals surface area (Å²) in [6.45, 7) is 2.40. The molecule has 3 rings (SSSR count). The topological polar surface area (TPSA) is 110 Å². The second-order valence-corrected chi connectivity index (χ2v) is 7.17. The van der Waals surface area contributed by atoms with Crippen LogP contribution in [0.25, 0.3) is 10.6 Å². The van der Waals surface area contributed by atoms with Crippen molar-refractivity contribution in [3.8, 4) is 10.6 Å². The van der Waals surface area contributed by atoms with Crippen molar-refractivity contribution in [3.63, 3.8) is 0 Å². The van der Waals surface area contributed by atoms with E-state index in [1.54, 1.807) is 12.1 Å². The molecule has 0 spiro atoms. The Balaban J connectivity index is 1.72. The van der Waals surface area contributed by atoms with Gasteiger partial charge in [-0.1, -0.05) is 11.3 Å². The third-order valence-corrected chi connectivity index (χ3v) is 5.03. The molecular weight excluding hydrogens is 373 g/mol. The number of halogens is 1. The first-order valence-electron chi connectivity index (χ1n) is 8.53. The van der Waals surface area contributed by atoms with Gasteiger partial charge < -0.3 is 15.8 Å². The molecule has 1 unspecified atom stereocenters. The minimum absolute atomic E-state index is 0.206. The molecule has 1 saturated heterocycles. The van der Waals surface area contributed by atoms with Gasteiger partial charge in [0, 0.05) is 18.9 Å². The molecule has 10 heteroatoms. The quantitative estimate of drug-likeness (QED) is 0.741. The third-order valence-electron chi connectivity index (χ3n) is 4.01. The number of nitrogens with zero attached hydrogens (tertiary/aromatic N) is 3. The molecule has 2 heterocycles. The molecule has 0 bridgehead atoms. The molecule has 27 heavy (non-hydrogen) atoms. The third kappa shape index (κ3) is 4.58. The van der Waals surface area contributed by atoms with Crippen molar-refractivity contribution >= 4 is 29.0 Å². The van der Waals surface area contributed by atoms with Crippen LogP contribution in [0.15, 0.2) is 18.2 Å². The standard InChI is InChI=1S/C17H20FN5O3S/c1-10(24)20-8-12-9-23(17(25)26-12)11-4-5-13(14(18)7-11)16-22-21-15(27-16)3-2-6-19/h4-5,7,12H,2-3,6,8-9,19H2,1H3,(H,20,24). The molecule has 2 aromatic rings. The number of benzene rings is 1. The van der Waals surface area contributed by atoms with Gasteiger partial charge in [-0.15, -0.1) is 10.2 Å². The fourth-order valence-corrected chi connectivity index (χ4v) is 3.57. The number of hydrogen-bond donors (Lipinski definition) is 2. The number of anilines is 1. The molecule has 1 fully saturated rings. The summed E-state index contributed by atoms with van der Waals surface area (Å²) in [6, 6.07) is 4.49. The molecule has 1 aliphatic rings. The number of ether oxygens (including phenoxy) is 1. The second-order valence-electron chi connectivity index (χ2n) is 6.11. The molecular formula is C17H20FN5O3S. The van der Waals surface area contributed by atoms with Crippen LogP contribution in [-0.2, 0) is 16.0 Å². The first-order chi connectivity index (χ1) is 13.0. The predicted molar refractivity (Wildman–Crippen MR) is 99.0 cm³/mol. The Morgan fingerprint density at radius 3 is 3.00 bits per heavy atom. The highest BCUT2D eigenvalue weighted by Gasteiger charge is 2.32. The summed E-state index contributed by atoms with van der Waals surface area (Å²) in [7, 11) is 0. The van der Waals surface area contributed by atoms with Crippen LogP contribution >= 0.6 is 11.3 Å². The number of hydrogen-bond acceptors (Lipinski definition) is 7. The Hall–Kier alpha value is -2.59. The largest absolute Gasteiger partial charge is 0.442 e. The molecule has 1 aromatic carbocycles. The number of rotatable bonds is 7. The minimum Gasteiger partial charge on any atom is -0.442 e. The monoisotopic (exact) mass is 393 g/mol. The number of nitrogens with one attached hydrogen (secondary N) is 1. The highest BCUT2D eigenvalue weighted by Crippen LogP contribution is 2.31. The molecule has 0 aliphatic carbocycles. The van der Waals surface area contributed by atoms with E-state index in [0.29, 0.717) is 29.2 Å². The van der Waals surface area contributed by atoms with Crippen LogP contribution < -0.4 is 16.0 Å². The van der Waals surface area contributed by atoms with Gasteiger partial charge in [-0.3, -0.25) is 9.69 Å². The summed E-state index contributed by atoms with van der Waals surface area (Å²) in [5.74, 6) is -0.699. The number of aromatic nitrogens is 2. The van der Waals surface area contributed by atoms with Crippen LogP contribution in [0.3, 0.4) is 0 Å². The fraction of sp³-hybridized carbons (Fsp3) is 0.412. The van der Waals surface area contributed by atoms with Crippen LogP contribution in [0.5, 0.6) is 0 Å². The van der Waals surface area contributed by atoms with Crippen LogP contribution in [0.2, 0.25) is 0 Å². The van der Waals surface area contributed by atoms with Crippen LogP contribution in [0, 0.1) is 5.82 Å². The lowest BCUT2D eigenvalue weighted by atomic mass is 10.2. The molecule has 1 aliphatic heterocycles. The van der Waals surface area contributed by atoms with Gasteiger partial charge in [-0.25, -0.2) is 9.18 Å². The first kappa shape index (κ1) is 19.2. The molecule has 1 aromatic heterocycles. The van der Waals surface area contributed by atoms with Crippen molar-refractivity contribution in [1.82, 2.24) is 15.5 Å². The van der Waals surface area contributed by atoms with Gasteiger partial charge in [-0.2, -0.15) is 0 Å². The number of carbonyl (C=O) groups excluding carboxylic acids is 2. The SMILES string of the molecule is CC(=O)NCC1CN(c2ccc(-c3nnc(CCCN)s3)c(F)c2)C(=O)O1. The van der Waals surface area contributed by atoms with Gasteiger partial charge in [0.1, 0.15) is 16.9 Å². The van der Waals surface area contributed by atoms with Gasteiger partial charge in [-0.05, 0) is 31.2 Å². The average Bonchev–Trinajstić information content (AvgIpc) is 3.24. The second kappa shape index (κ2) is 8.40. The maximum absolute atomic E-state index is 14.6. The van der Waals surface area contributed by atoms with Crippen molar-refractivity contribution in [2.24, 2.45) is 5.73 Å². The van der Waals surface area contributed by atoms with Gasteiger partial charge in [0.25, 0.3) is 0 Å². The van der Waals surface area contributed by atoms with E-state index in [1.807, 2.05) is 0 Å². The van der Waals surface area contributed by atoms with Gasteiger partial charge in [0.15, 0.2) is 5.01 Å². The van der Waals surface area contributed by atoms with Gasteiger partial charge in [0.2, 0.25) is 5.91 Å². The summed E-state index contributed by atoms with van der Waals surface area (Å²) in [5.41, 5.74) is 6.20. The zero-order chi connectivity index (χ0) is 19.4. The Labute approximate surface area is 159 Å². The Bertz CT molecular complexity index is 844. The molecule has 0 saturated carbocycles. The van der Waals surface area contributed by atoms with Crippen LogP contribution in [0.4, 0.5) is 14.9 Å². The predicted octanol–water partition coefficient (Wildman–Crippen LogP) is 1.70. The maximum Gasteiger partial charge on any atom is 0.414 e. The number of nitrogens with two attached hydrogens (primary N) is 1. The van der Waals surface area contributed by atoms with E-state index < -0.39 is 18.0 Å². The maximum atomic E-state index is 14.6. The highest BCUT2D eigenvalue weighted by atomic mass is 32.1. The van der Waals surface area contributed by atoms with Crippen molar-refractivity contribution < 1.29 is 18.7 Å². The van der Waals surface area contributed by atoms with E-state index >= 15 is 0 Å². The van der Waals surface area contributed by atoms with E-state index in [9.17, 15) is 14.0 Å². The number of amides is 2. The lowest BCUT2D eigenvalue weighted by Gasteiger charge is -2.14. The van der Waals surface area contributed by atoms with E-state index in [0.717, 1.165) is 11.4 Å². The first-order valence-corrected chi connectivity index (χ1v) is 9.34. The van der Waals surface area contributed by atoms with E-state index in [2.05, 4.69) is 15.5 Å². The minimum atomic E-state index is -0.572. The summed E-state index contributed by atoms with van der Waals surface area (Å²) in [5, 5.41) is 12.0. The molecule has 144 valence electrons. The number of aryl methyl sites for hydroxylation is 1. The number of carbonyl (C=O) groups is 2. The summed E-state index contributed by atoms with van der Waals surface area (Å²) >= 11 is 1.33. The van der Waals surface area contributed by atoms with E-state index in [-0.39, 0.29) is 19.0 Å². The Morgan fingerprint density at radius 2 is 2.30 bits per heavy atom. The van der Waals surface area contributed by atoms with Crippen LogP contribution in [-0.4, -0.2) is 47.9 Å². The zero-order valence-electron chi connectivity index (χ0n) is 14.8. The van der Waals surface area contributed by atoms with Gasteiger partial charge >= 0.3 is 6.09 Å². The lowest BCUT2D eigenvalue weighted by Crippen LogP contribution is -2.33. The molecule has 2 amide bonds. The zero-order valence-corrected chi connectivity index (χ0v) is 15.6. The van der Waals surface area contributed by atoms with E-state index in [1.165, 1.54) is 29.2 Å². The average molecular weight is 393 g/mol. The van der Waals surface area contributed by atoms with Crippen molar-refractivity contribution in [2.75, 3.05) is 24.5 Å². The smallest absolute Gasteiger partial charge is 0.414 e. The van der Waals surface area contributed by atoms with Gasteiger partial charge in [0.05, 0.1) is 18.8 Å². The highest BCUT2D eigenvalue weighted by molar-refractivity contribution is 7.14. The summed E-state index contributed by atoms with van der Waals surface area (Å²) in [6.07, 6.45) is 0.463.